The highest BCUT2D eigenvalue weighted by Gasteiger charge is 2.41. The number of nitrogens with zero attached hydrogens (tertiary/aromatic N) is 2. The Bertz CT molecular complexity index is 1000. The van der Waals surface area contributed by atoms with Gasteiger partial charge in [-0.3, -0.25) is 4.98 Å². The van der Waals surface area contributed by atoms with E-state index in [9.17, 15) is 0 Å². The van der Waals surface area contributed by atoms with Crippen molar-refractivity contribution in [2.24, 2.45) is 0 Å². The second kappa shape index (κ2) is 8.56. The summed E-state index contributed by atoms with van der Waals surface area (Å²) < 4.78 is 6.37. The van der Waals surface area contributed by atoms with Crippen molar-refractivity contribution >= 4 is 28.9 Å². The SMILES string of the molecule is CCCCN1C(=S)NC(c2ccccn2)C1c1ccc(-c2cc(Cl)ccc2C)o1. The van der Waals surface area contributed by atoms with Gasteiger partial charge in [0.15, 0.2) is 5.11 Å². The van der Waals surface area contributed by atoms with Gasteiger partial charge in [-0.1, -0.05) is 37.1 Å². The number of nitrogens with one attached hydrogen (secondary N) is 1. The van der Waals surface area contributed by atoms with Crippen molar-refractivity contribution in [3.63, 3.8) is 0 Å². The zero-order chi connectivity index (χ0) is 20.4. The van der Waals surface area contributed by atoms with E-state index in [2.05, 4.69) is 29.0 Å². The van der Waals surface area contributed by atoms with Crippen LogP contribution in [0.3, 0.4) is 0 Å². The molecule has 0 bridgehead atoms. The summed E-state index contributed by atoms with van der Waals surface area (Å²) in [6.45, 7) is 5.12. The predicted octanol–water partition coefficient (Wildman–Crippen LogP) is 6.08. The summed E-state index contributed by atoms with van der Waals surface area (Å²) in [6.07, 6.45) is 3.98. The zero-order valence-electron chi connectivity index (χ0n) is 16.6. The van der Waals surface area contributed by atoms with E-state index in [1.54, 1.807) is 0 Å². The Hall–Kier alpha value is -2.37. The van der Waals surface area contributed by atoms with Gasteiger partial charge in [-0.05, 0) is 67.5 Å². The average Bonchev–Trinajstić information content (AvgIpc) is 3.33. The van der Waals surface area contributed by atoms with Crippen molar-refractivity contribution in [1.82, 2.24) is 15.2 Å². The zero-order valence-corrected chi connectivity index (χ0v) is 18.1. The van der Waals surface area contributed by atoms with E-state index < -0.39 is 0 Å². The van der Waals surface area contributed by atoms with Gasteiger partial charge in [0.05, 0.1) is 11.7 Å². The summed E-state index contributed by atoms with van der Waals surface area (Å²) in [7, 11) is 0. The lowest BCUT2D eigenvalue weighted by molar-refractivity contribution is 0.271. The van der Waals surface area contributed by atoms with E-state index in [-0.39, 0.29) is 12.1 Å². The molecule has 150 valence electrons. The molecule has 0 amide bonds. The van der Waals surface area contributed by atoms with Gasteiger partial charge < -0.3 is 14.6 Å². The Kier molecular flexibility index (Phi) is 5.88. The van der Waals surface area contributed by atoms with E-state index in [1.807, 2.05) is 54.7 Å². The molecule has 6 heteroatoms. The molecule has 3 heterocycles. The smallest absolute Gasteiger partial charge is 0.170 e. The molecule has 3 aromatic rings. The summed E-state index contributed by atoms with van der Waals surface area (Å²) in [5, 5.41) is 4.90. The lowest BCUT2D eigenvalue weighted by atomic mass is 10.0. The van der Waals surface area contributed by atoms with Gasteiger partial charge in [-0.2, -0.15) is 0 Å². The molecule has 4 rings (SSSR count). The molecule has 1 N–H and O–H groups in total. The van der Waals surface area contributed by atoms with Crippen LogP contribution in [0.25, 0.3) is 11.3 Å². The average molecular weight is 426 g/mol. The van der Waals surface area contributed by atoms with Crippen molar-refractivity contribution in [1.29, 1.82) is 0 Å². The second-order valence-electron chi connectivity index (χ2n) is 7.33. The number of halogens is 1. The Morgan fingerprint density at radius 3 is 2.83 bits per heavy atom. The first kappa shape index (κ1) is 19.9. The van der Waals surface area contributed by atoms with E-state index in [0.717, 1.165) is 52.8 Å². The summed E-state index contributed by atoms with van der Waals surface area (Å²) >= 11 is 11.9. The number of hydrogen-bond acceptors (Lipinski definition) is 3. The van der Waals surface area contributed by atoms with Crippen molar-refractivity contribution in [3.05, 3.63) is 76.8 Å². The molecule has 1 aliphatic rings. The van der Waals surface area contributed by atoms with Crippen LogP contribution in [0, 0.1) is 6.92 Å². The van der Waals surface area contributed by atoms with Gasteiger partial charge in [-0.15, -0.1) is 0 Å². The lowest BCUT2D eigenvalue weighted by Gasteiger charge is -2.25. The van der Waals surface area contributed by atoms with Gasteiger partial charge >= 0.3 is 0 Å². The van der Waals surface area contributed by atoms with E-state index in [1.165, 1.54) is 0 Å². The molecular formula is C23H24ClN3OS. The molecule has 1 saturated heterocycles. The highest BCUT2D eigenvalue weighted by atomic mass is 35.5. The molecule has 1 fully saturated rings. The number of pyridine rings is 1. The van der Waals surface area contributed by atoms with Gasteiger partial charge in [0, 0.05) is 23.3 Å². The number of rotatable bonds is 6. The Morgan fingerprint density at radius 1 is 1.21 bits per heavy atom. The first-order valence-electron chi connectivity index (χ1n) is 9.93. The molecule has 29 heavy (non-hydrogen) atoms. The lowest BCUT2D eigenvalue weighted by Crippen LogP contribution is -2.30. The molecule has 1 aromatic carbocycles. The highest BCUT2D eigenvalue weighted by molar-refractivity contribution is 7.80. The molecule has 0 aliphatic carbocycles. The number of hydrogen-bond donors (Lipinski definition) is 1. The summed E-state index contributed by atoms with van der Waals surface area (Å²) in [4.78, 5) is 6.80. The molecule has 4 nitrogen and oxygen atoms in total. The number of benzene rings is 1. The normalized spacial score (nSPS) is 18.9. The standard InChI is InChI=1S/C23H24ClN3OS/c1-3-4-13-27-22(21(26-23(27)29)18-7-5-6-12-25-18)20-11-10-19(28-20)17-14-16(24)9-8-15(17)2/h5-12,14,21-22H,3-4,13H2,1-2H3,(H,26,29). The van der Waals surface area contributed by atoms with Crippen molar-refractivity contribution in [2.45, 2.75) is 38.8 Å². The number of furan rings is 1. The summed E-state index contributed by atoms with van der Waals surface area (Å²) in [5.41, 5.74) is 3.09. The molecule has 0 spiro atoms. The number of thiocarbonyl (C=S) groups is 1. The van der Waals surface area contributed by atoms with Crippen LogP contribution in [-0.2, 0) is 0 Å². The van der Waals surface area contributed by atoms with Gasteiger partial charge in [0.25, 0.3) is 0 Å². The minimum Gasteiger partial charge on any atom is -0.459 e. The largest absolute Gasteiger partial charge is 0.459 e. The minimum absolute atomic E-state index is 0.0443. The fraction of sp³-hybridized carbons (Fsp3) is 0.304. The van der Waals surface area contributed by atoms with Gasteiger partial charge in [-0.25, -0.2) is 0 Å². The predicted molar refractivity (Wildman–Crippen MR) is 121 cm³/mol. The third-order valence-corrected chi connectivity index (χ3v) is 5.92. The Morgan fingerprint density at radius 2 is 2.07 bits per heavy atom. The van der Waals surface area contributed by atoms with Crippen LogP contribution < -0.4 is 5.32 Å². The van der Waals surface area contributed by atoms with Gasteiger partial charge in [0.1, 0.15) is 17.6 Å². The van der Waals surface area contributed by atoms with Crippen molar-refractivity contribution < 1.29 is 4.42 Å². The molecule has 0 saturated carbocycles. The first-order valence-corrected chi connectivity index (χ1v) is 10.7. The number of aryl methyl sites for hydroxylation is 1. The van der Waals surface area contributed by atoms with E-state index >= 15 is 0 Å². The second-order valence-corrected chi connectivity index (χ2v) is 8.16. The van der Waals surface area contributed by atoms with Crippen molar-refractivity contribution in [3.8, 4) is 11.3 Å². The molecule has 2 aromatic heterocycles. The monoisotopic (exact) mass is 425 g/mol. The number of aromatic nitrogens is 1. The minimum atomic E-state index is -0.0555. The quantitative estimate of drug-likeness (QED) is 0.485. The third kappa shape index (κ3) is 4.02. The maximum absolute atomic E-state index is 6.37. The third-order valence-electron chi connectivity index (χ3n) is 5.33. The van der Waals surface area contributed by atoms with Crippen LogP contribution in [-0.4, -0.2) is 21.5 Å². The van der Waals surface area contributed by atoms with Crippen LogP contribution in [0.5, 0.6) is 0 Å². The molecular weight excluding hydrogens is 402 g/mol. The van der Waals surface area contributed by atoms with E-state index in [4.69, 9.17) is 28.2 Å². The maximum atomic E-state index is 6.37. The Balaban J connectivity index is 1.73. The van der Waals surface area contributed by atoms with Crippen LogP contribution in [0.4, 0.5) is 0 Å². The molecule has 2 unspecified atom stereocenters. The molecule has 0 radical (unpaired) electrons. The fourth-order valence-electron chi connectivity index (χ4n) is 3.80. The van der Waals surface area contributed by atoms with Crippen molar-refractivity contribution in [2.75, 3.05) is 6.54 Å². The van der Waals surface area contributed by atoms with Crippen LogP contribution in [0.1, 0.15) is 48.9 Å². The Labute approximate surface area is 181 Å². The van der Waals surface area contributed by atoms with E-state index in [0.29, 0.717) is 5.02 Å². The topological polar surface area (TPSA) is 41.3 Å². The number of unbranched alkanes of at least 4 members (excludes halogenated alkanes) is 1. The summed E-state index contributed by atoms with van der Waals surface area (Å²) in [5.74, 6) is 1.69. The van der Waals surface area contributed by atoms with Crippen LogP contribution >= 0.6 is 23.8 Å². The maximum Gasteiger partial charge on any atom is 0.170 e. The first-order chi connectivity index (χ1) is 14.1. The molecule has 2 atom stereocenters. The van der Waals surface area contributed by atoms with Crippen LogP contribution in [0.2, 0.25) is 5.02 Å². The fourth-order valence-corrected chi connectivity index (χ4v) is 4.30. The van der Waals surface area contributed by atoms with Crippen LogP contribution in [0.15, 0.2) is 59.1 Å². The van der Waals surface area contributed by atoms with Gasteiger partial charge in [0.2, 0.25) is 0 Å². The highest BCUT2D eigenvalue weighted by Crippen LogP contribution is 2.41. The molecule has 1 aliphatic heterocycles. The summed E-state index contributed by atoms with van der Waals surface area (Å²) in [6, 6.07) is 15.8.